The van der Waals surface area contributed by atoms with Crippen LogP contribution in [0, 0.1) is 23.2 Å². The van der Waals surface area contributed by atoms with Crippen LogP contribution in [0.25, 0.3) is 0 Å². The van der Waals surface area contributed by atoms with Crippen LogP contribution in [-0.2, 0) is 16.6 Å². The van der Waals surface area contributed by atoms with Gasteiger partial charge in [0, 0.05) is 11.4 Å². The van der Waals surface area contributed by atoms with Crippen LogP contribution in [0.5, 0.6) is 0 Å². The van der Waals surface area contributed by atoms with Crippen molar-refractivity contribution < 1.29 is 8.42 Å². The number of rotatable bonds is 5. The molecule has 0 aliphatic heterocycles. The van der Waals surface area contributed by atoms with Crippen molar-refractivity contribution >= 4 is 21.4 Å². The molecule has 1 heterocycles. The van der Waals surface area contributed by atoms with Crippen LogP contribution in [0.4, 0.5) is 0 Å². The van der Waals surface area contributed by atoms with Crippen molar-refractivity contribution in [2.75, 3.05) is 6.54 Å². The Hall–Kier alpha value is -1.38. The molecule has 0 saturated carbocycles. The normalized spacial score (nSPS) is 12.3. The number of hydrogen-bond acceptors (Lipinski definition) is 5. The minimum atomic E-state index is -3.59. The predicted molar refractivity (Wildman–Crippen MR) is 75.7 cm³/mol. The van der Waals surface area contributed by atoms with Gasteiger partial charge in [0.25, 0.3) is 0 Å². The average Bonchev–Trinajstić information content (AvgIpc) is 2.83. The number of nitrogens with one attached hydrogen (secondary N) is 1. The first-order chi connectivity index (χ1) is 9.03. The Morgan fingerprint density at radius 3 is 2.84 bits per heavy atom. The number of nitrogens with two attached hydrogens (primary N) is 1. The summed E-state index contributed by atoms with van der Waals surface area (Å²) in [7, 11) is -3.59. The second-order valence-electron chi connectivity index (χ2n) is 3.66. The van der Waals surface area contributed by atoms with Gasteiger partial charge >= 0.3 is 0 Å². The molecule has 1 aromatic rings. The van der Waals surface area contributed by atoms with Crippen LogP contribution in [0.2, 0.25) is 0 Å². The smallest absolute Gasteiger partial charge is 0.228 e. The Bertz CT molecular complexity index is 617. The monoisotopic (exact) mass is 297 g/mol. The molecule has 1 rings (SSSR count). The highest BCUT2D eigenvalue weighted by atomic mass is 32.2. The number of nitriles is 1. The van der Waals surface area contributed by atoms with E-state index in [0.717, 1.165) is 9.75 Å². The molecule has 3 N–H and O–H groups in total. The molecule has 5 nitrogen and oxygen atoms in total. The molecule has 0 aliphatic carbocycles. The molecule has 0 amide bonds. The molecule has 0 spiro atoms. The van der Waals surface area contributed by atoms with Gasteiger partial charge in [-0.25, -0.2) is 13.1 Å². The fourth-order valence-corrected chi connectivity index (χ4v) is 3.38. The number of nitrogens with zero attached hydrogens (tertiary/aromatic N) is 1. The Morgan fingerprint density at radius 1 is 1.53 bits per heavy atom. The second kappa shape index (κ2) is 7.27. The van der Waals surface area contributed by atoms with Crippen LogP contribution in [0.15, 0.2) is 12.1 Å². The van der Waals surface area contributed by atoms with Gasteiger partial charge in [0.05, 0.1) is 17.5 Å². The van der Waals surface area contributed by atoms with Gasteiger partial charge in [-0.05, 0) is 18.6 Å². The number of sulfonamides is 1. The average molecular weight is 297 g/mol. The van der Waals surface area contributed by atoms with E-state index in [0.29, 0.717) is 6.54 Å². The molecule has 0 fully saturated rings. The number of hydrogen-bond donors (Lipinski definition) is 2. The highest BCUT2D eigenvalue weighted by Crippen LogP contribution is 2.16. The van der Waals surface area contributed by atoms with E-state index < -0.39 is 15.3 Å². The zero-order valence-electron chi connectivity index (χ0n) is 10.5. The van der Waals surface area contributed by atoms with Gasteiger partial charge in [-0.15, -0.1) is 11.3 Å². The lowest BCUT2D eigenvalue weighted by Gasteiger charge is -2.08. The zero-order chi connectivity index (χ0) is 14.3. The van der Waals surface area contributed by atoms with Gasteiger partial charge < -0.3 is 5.73 Å². The molecule has 7 heteroatoms. The van der Waals surface area contributed by atoms with Gasteiger partial charge in [0.2, 0.25) is 10.0 Å². The van der Waals surface area contributed by atoms with E-state index in [4.69, 9.17) is 11.0 Å². The number of thiophene rings is 1. The van der Waals surface area contributed by atoms with Crippen molar-refractivity contribution in [1.82, 2.24) is 4.72 Å². The molecule has 0 saturated heterocycles. The summed E-state index contributed by atoms with van der Waals surface area (Å²) in [6.07, 6.45) is 0.267. The van der Waals surface area contributed by atoms with Crippen molar-refractivity contribution in [3.05, 3.63) is 21.9 Å². The topological polar surface area (TPSA) is 96.0 Å². The molecule has 0 aliphatic rings. The van der Waals surface area contributed by atoms with Gasteiger partial charge in [-0.3, -0.25) is 0 Å². The Morgan fingerprint density at radius 2 is 2.26 bits per heavy atom. The summed E-state index contributed by atoms with van der Waals surface area (Å²) in [6, 6.07) is 5.40. The van der Waals surface area contributed by atoms with E-state index in [1.165, 1.54) is 11.3 Å². The molecular formula is C12H15N3O2S2. The summed E-state index contributed by atoms with van der Waals surface area (Å²) >= 11 is 1.40. The first kappa shape index (κ1) is 15.7. The van der Waals surface area contributed by atoms with Crippen molar-refractivity contribution in [3.8, 4) is 17.9 Å². The van der Waals surface area contributed by atoms with Crippen molar-refractivity contribution in [2.45, 2.75) is 25.1 Å². The first-order valence-corrected chi connectivity index (χ1v) is 8.05. The van der Waals surface area contributed by atoms with E-state index in [1.807, 2.05) is 6.07 Å². The van der Waals surface area contributed by atoms with Crippen LogP contribution < -0.4 is 10.5 Å². The summed E-state index contributed by atoms with van der Waals surface area (Å²) in [6.45, 7) is 2.13. The van der Waals surface area contributed by atoms with E-state index in [2.05, 4.69) is 16.6 Å². The lowest BCUT2D eigenvalue weighted by atomic mass is 10.4. The van der Waals surface area contributed by atoms with Gasteiger partial charge in [-0.1, -0.05) is 18.8 Å². The zero-order valence-corrected chi connectivity index (χ0v) is 12.1. The second-order valence-corrected chi connectivity index (χ2v) is 6.78. The molecule has 102 valence electrons. The molecule has 19 heavy (non-hydrogen) atoms. The molecular weight excluding hydrogens is 282 g/mol. The van der Waals surface area contributed by atoms with Crippen molar-refractivity contribution in [2.24, 2.45) is 5.73 Å². The summed E-state index contributed by atoms with van der Waals surface area (Å²) in [5, 5.41) is 7.75. The molecule has 0 aromatic carbocycles. The fraction of sp³-hybridized carbons (Fsp3) is 0.417. The third-order valence-electron chi connectivity index (χ3n) is 2.31. The summed E-state index contributed by atoms with van der Waals surface area (Å²) in [5.41, 5.74) is 5.27. The Balaban J connectivity index is 2.67. The van der Waals surface area contributed by atoms with Gasteiger partial charge in [0.1, 0.15) is 0 Å². The van der Waals surface area contributed by atoms with Crippen LogP contribution in [0.1, 0.15) is 23.1 Å². The highest BCUT2D eigenvalue weighted by Gasteiger charge is 2.22. The molecule has 1 unspecified atom stereocenters. The van der Waals surface area contributed by atoms with E-state index in [1.54, 1.807) is 19.1 Å². The minimum Gasteiger partial charge on any atom is -0.320 e. The fourth-order valence-electron chi connectivity index (χ4n) is 1.33. The van der Waals surface area contributed by atoms with Crippen molar-refractivity contribution in [3.63, 3.8) is 0 Å². The van der Waals surface area contributed by atoms with E-state index in [9.17, 15) is 8.42 Å². The highest BCUT2D eigenvalue weighted by molar-refractivity contribution is 7.90. The van der Waals surface area contributed by atoms with Gasteiger partial charge in [-0.2, -0.15) is 5.26 Å². The molecule has 1 atom stereocenters. The van der Waals surface area contributed by atoms with Crippen molar-refractivity contribution in [1.29, 1.82) is 5.26 Å². The lowest BCUT2D eigenvalue weighted by molar-refractivity contribution is 0.573. The summed E-state index contributed by atoms with van der Waals surface area (Å²) < 4.78 is 26.0. The maximum atomic E-state index is 11.8. The SMILES string of the molecule is CCC(C#N)S(=O)(=O)NCc1ccc(C#CCN)s1. The van der Waals surface area contributed by atoms with E-state index in [-0.39, 0.29) is 13.0 Å². The predicted octanol–water partition coefficient (Wildman–Crippen LogP) is 0.780. The third kappa shape index (κ3) is 4.66. The third-order valence-corrected chi connectivity index (χ3v) is 5.05. The molecule has 0 bridgehead atoms. The largest absolute Gasteiger partial charge is 0.320 e. The lowest BCUT2D eigenvalue weighted by Crippen LogP contribution is -2.32. The Labute approximate surface area is 117 Å². The van der Waals surface area contributed by atoms with E-state index >= 15 is 0 Å². The maximum absolute atomic E-state index is 11.8. The Kier molecular flexibility index (Phi) is 6.00. The van der Waals surface area contributed by atoms with Gasteiger partial charge in [0.15, 0.2) is 5.25 Å². The van der Waals surface area contributed by atoms with Crippen LogP contribution in [0.3, 0.4) is 0 Å². The van der Waals surface area contributed by atoms with Crippen LogP contribution >= 0.6 is 11.3 Å². The molecule has 0 radical (unpaired) electrons. The molecule has 1 aromatic heterocycles. The summed E-state index contributed by atoms with van der Waals surface area (Å²) in [4.78, 5) is 1.68. The quantitative estimate of drug-likeness (QED) is 0.785. The standard InChI is InChI=1S/C12H15N3O2S2/c1-2-12(8-14)19(16,17)15-9-11-6-5-10(18-11)4-3-7-13/h5-6,12,15H,2,7,9,13H2,1H3. The van der Waals surface area contributed by atoms with Crippen LogP contribution in [-0.4, -0.2) is 20.2 Å². The summed E-state index contributed by atoms with van der Waals surface area (Å²) in [5.74, 6) is 5.61. The minimum absolute atomic E-state index is 0.176. The maximum Gasteiger partial charge on any atom is 0.228 e. The first-order valence-electron chi connectivity index (χ1n) is 5.69.